The molecule has 1 aliphatic rings. The molecular formula is C17H23F2NO2. The maximum atomic E-state index is 14.2. The second-order valence-electron chi connectivity index (χ2n) is 7.18. The molecule has 0 N–H and O–H groups in total. The average molecular weight is 311 g/mol. The first-order chi connectivity index (χ1) is 10.1. The fraction of sp³-hybridized carbons (Fsp3) is 0.588. The zero-order valence-electron chi connectivity index (χ0n) is 13.7. The largest absolute Gasteiger partial charge is 0.469 e. The highest BCUT2D eigenvalue weighted by molar-refractivity contribution is 5.78. The highest BCUT2D eigenvalue weighted by Gasteiger charge is 2.52. The molecule has 0 saturated carbocycles. The minimum absolute atomic E-state index is 0.152. The van der Waals surface area contributed by atoms with Crippen LogP contribution in [0.5, 0.6) is 0 Å². The number of hydrogen-bond acceptors (Lipinski definition) is 3. The number of hydrogen-bond donors (Lipinski definition) is 0. The molecule has 1 heterocycles. The van der Waals surface area contributed by atoms with Gasteiger partial charge in [0.2, 0.25) is 0 Å². The number of rotatable bonds is 2. The zero-order chi connectivity index (χ0) is 16.7. The van der Waals surface area contributed by atoms with Crippen LogP contribution in [0.3, 0.4) is 0 Å². The van der Waals surface area contributed by atoms with Crippen LogP contribution >= 0.6 is 0 Å². The summed E-state index contributed by atoms with van der Waals surface area (Å²) >= 11 is 0. The Morgan fingerprint density at radius 2 is 2.00 bits per heavy atom. The van der Waals surface area contributed by atoms with Crippen molar-refractivity contribution < 1.29 is 18.3 Å². The van der Waals surface area contributed by atoms with Gasteiger partial charge < -0.3 is 4.74 Å². The van der Waals surface area contributed by atoms with Gasteiger partial charge in [-0.2, -0.15) is 0 Å². The van der Waals surface area contributed by atoms with Crippen LogP contribution in [0.15, 0.2) is 18.2 Å². The van der Waals surface area contributed by atoms with Crippen LogP contribution < -0.4 is 0 Å². The van der Waals surface area contributed by atoms with Gasteiger partial charge in [0.05, 0.1) is 12.5 Å². The molecule has 3 nitrogen and oxygen atoms in total. The van der Waals surface area contributed by atoms with Crippen molar-refractivity contribution in [2.75, 3.05) is 20.2 Å². The number of carbonyl (C=O) groups is 1. The van der Waals surface area contributed by atoms with Crippen molar-refractivity contribution in [2.24, 2.45) is 5.41 Å². The van der Waals surface area contributed by atoms with E-state index in [0.717, 1.165) is 6.07 Å². The number of halogens is 2. The van der Waals surface area contributed by atoms with Crippen LogP contribution in [-0.4, -0.2) is 36.6 Å². The summed E-state index contributed by atoms with van der Waals surface area (Å²) < 4.78 is 32.4. The summed E-state index contributed by atoms with van der Waals surface area (Å²) in [6, 6.07) is 3.53. The van der Waals surface area contributed by atoms with E-state index in [-0.39, 0.29) is 17.4 Å². The summed E-state index contributed by atoms with van der Waals surface area (Å²) in [6.07, 6.45) is 0. The van der Waals surface area contributed by atoms with E-state index >= 15 is 0 Å². The van der Waals surface area contributed by atoms with Crippen molar-refractivity contribution in [3.05, 3.63) is 35.4 Å². The Hall–Kier alpha value is -1.49. The number of methoxy groups -OCH3 is 1. The van der Waals surface area contributed by atoms with E-state index in [4.69, 9.17) is 4.74 Å². The lowest BCUT2D eigenvalue weighted by Crippen LogP contribution is -2.42. The third-order valence-corrected chi connectivity index (χ3v) is 4.63. The van der Waals surface area contributed by atoms with E-state index in [9.17, 15) is 13.6 Å². The molecule has 2 unspecified atom stereocenters. The van der Waals surface area contributed by atoms with Crippen LogP contribution in [0, 0.1) is 17.0 Å². The number of ether oxygens (including phenoxy) is 1. The van der Waals surface area contributed by atoms with Gasteiger partial charge in [0.15, 0.2) is 0 Å². The van der Waals surface area contributed by atoms with E-state index in [1.807, 2.05) is 20.8 Å². The Kier molecular flexibility index (Phi) is 4.30. The molecule has 1 aromatic rings. The van der Waals surface area contributed by atoms with Crippen molar-refractivity contribution >= 4 is 5.97 Å². The smallest absolute Gasteiger partial charge is 0.313 e. The van der Waals surface area contributed by atoms with E-state index in [2.05, 4.69) is 4.90 Å². The fourth-order valence-electron chi connectivity index (χ4n) is 3.17. The van der Waals surface area contributed by atoms with Gasteiger partial charge in [-0.25, -0.2) is 8.78 Å². The van der Waals surface area contributed by atoms with Crippen molar-refractivity contribution in [3.63, 3.8) is 0 Å². The predicted octanol–water partition coefficient (Wildman–Crippen LogP) is 3.34. The summed E-state index contributed by atoms with van der Waals surface area (Å²) in [5.41, 5.74) is -0.651. The maximum absolute atomic E-state index is 14.2. The molecule has 0 aliphatic carbocycles. The molecule has 2 atom stereocenters. The standard InChI is InChI=1S/C17H23F2NO2/c1-16(2,3)20-9-13(17(4,10-20)15(21)22-5)12-7-6-11(18)8-14(12)19/h6-8,13H,9-10H2,1-5H3. The zero-order valence-corrected chi connectivity index (χ0v) is 13.7. The molecule has 0 radical (unpaired) electrons. The van der Waals surface area contributed by atoms with Crippen molar-refractivity contribution in [1.82, 2.24) is 4.90 Å². The second-order valence-corrected chi connectivity index (χ2v) is 7.18. The van der Waals surface area contributed by atoms with Gasteiger partial charge in [0, 0.05) is 30.6 Å². The third-order valence-electron chi connectivity index (χ3n) is 4.63. The van der Waals surface area contributed by atoms with Crippen LogP contribution in [0.1, 0.15) is 39.2 Å². The molecule has 2 rings (SSSR count). The molecule has 5 heteroatoms. The summed E-state index contributed by atoms with van der Waals surface area (Å²) in [6.45, 7) is 8.94. The summed E-state index contributed by atoms with van der Waals surface area (Å²) in [5, 5.41) is 0. The Morgan fingerprint density at radius 3 is 2.50 bits per heavy atom. The normalized spacial score (nSPS) is 26.2. The lowest BCUT2D eigenvalue weighted by molar-refractivity contribution is -0.152. The molecule has 1 saturated heterocycles. The van der Waals surface area contributed by atoms with E-state index < -0.39 is 17.0 Å². The Bertz CT molecular complexity index is 583. The number of nitrogens with zero attached hydrogens (tertiary/aromatic N) is 1. The molecule has 0 aromatic heterocycles. The van der Waals surface area contributed by atoms with E-state index in [0.29, 0.717) is 18.7 Å². The molecule has 22 heavy (non-hydrogen) atoms. The van der Waals surface area contributed by atoms with Gasteiger partial charge in [-0.3, -0.25) is 9.69 Å². The van der Waals surface area contributed by atoms with Gasteiger partial charge in [-0.15, -0.1) is 0 Å². The second kappa shape index (κ2) is 5.61. The van der Waals surface area contributed by atoms with Crippen LogP contribution in [-0.2, 0) is 9.53 Å². The van der Waals surface area contributed by atoms with Crippen molar-refractivity contribution in [3.8, 4) is 0 Å². The molecule has 1 aliphatic heterocycles. The summed E-state index contributed by atoms with van der Waals surface area (Å²) in [5.74, 6) is -1.98. The number of esters is 1. The number of likely N-dealkylation sites (tertiary alicyclic amines) is 1. The summed E-state index contributed by atoms with van der Waals surface area (Å²) in [7, 11) is 1.34. The molecular weight excluding hydrogens is 288 g/mol. The molecule has 1 fully saturated rings. The molecule has 122 valence electrons. The van der Waals surface area contributed by atoms with Gasteiger partial charge in [0.1, 0.15) is 11.6 Å². The lowest BCUT2D eigenvalue weighted by atomic mass is 9.76. The number of benzene rings is 1. The van der Waals surface area contributed by atoms with E-state index in [1.165, 1.54) is 19.2 Å². The molecule has 0 spiro atoms. The molecule has 0 bridgehead atoms. The fourth-order valence-corrected chi connectivity index (χ4v) is 3.17. The molecule has 1 aromatic carbocycles. The first-order valence-corrected chi connectivity index (χ1v) is 7.38. The molecule has 0 amide bonds. The maximum Gasteiger partial charge on any atom is 0.313 e. The van der Waals surface area contributed by atoms with Gasteiger partial charge in [0.25, 0.3) is 0 Å². The van der Waals surface area contributed by atoms with Gasteiger partial charge in [-0.1, -0.05) is 6.07 Å². The van der Waals surface area contributed by atoms with Crippen molar-refractivity contribution in [2.45, 2.75) is 39.2 Å². The predicted molar refractivity (Wildman–Crippen MR) is 80.5 cm³/mol. The SMILES string of the molecule is COC(=O)C1(C)CN(C(C)(C)C)CC1c1ccc(F)cc1F. The minimum atomic E-state index is -0.860. The highest BCUT2D eigenvalue weighted by atomic mass is 19.1. The lowest BCUT2D eigenvalue weighted by Gasteiger charge is -2.32. The summed E-state index contributed by atoms with van der Waals surface area (Å²) in [4.78, 5) is 14.5. The first-order valence-electron chi connectivity index (χ1n) is 7.38. The average Bonchev–Trinajstić information content (AvgIpc) is 2.77. The van der Waals surface area contributed by atoms with Gasteiger partial charge >= 0.3 is 5.97 Å². The van der Waals surface area contributed by atoms with Gasteiger partial charge in [-0.05, 0) is 39.3 Å². The number of carbonyl (C=O) groups excluding carboxylic acids is 1. The highest BCUT2D eigenvalue weighted by Crippen LogP contribution is 2.46. The van der Waals surface area contributed by atoms with E-state index in [1.54, 1.807) is 6.92 Å². The third kappa shape index (κ3) is 2.86. The Balaban J connectivity index is 2.48. The minimum Gasteiger partial charge on any atom is -0.469 e. The quantitative estimate of drug-likeness (QED) is 0.785. The van der Waals surface area contributed by atoms with Crippen molar-refractivity contribution in [1.29, 1.82) is 0 Å². The van der Waals surface area contributed by atoms with Crippen LogP contribution in [0.4, 0.5) is 8.78 Å². The van der Waals surface area contributed by atoms with Crippen LogP contribution in [0.2, 0.25) is 0 Å². The first kappa shape index (κ1) is 16.9. The Morgan fingerprint density at radius 1 is 1.36 bits per heavy atom. The topological polar surface area (TPSA) is 29.5 Å². The Labute approximate surface area is 130 Å². The monoisotopic (exact) mass is 311 g/mol. The van der Waals surface area contributed by atoms with Crippen LogP contribution in [0.25, 0.3) is 0 Å².